The molecule has 1 amide bonds. The first-order valence-corrected chi connectivity index (χ1v) is 7.57. The van der Waals surface area contributed by atoms with Crippen molar-refractivity contribution in [2.24, 2.45) is 0 Å². The zero-order valence-corrected chi connectivity index (χ0v) is 12.6. The lowest BCUT2D eigenvalue weighted by Gasteiger charge is -2.37. The smallest absolute Gasteiger partial charge is 0.270 e. The molecule has 2 saturated heterocycles. The van der Waals surface area contributed by atoms with E-state index in [-0.39, 0.29) is 11.6 Å². The van der Waals surface area contributed by atoms with Crippen molar-refractivity contribution in [1.29, 1.82) is 0 Å². The Balaban J connectivity index is 1.59. The van der Waals surface area contributed by atoms with E-state index >= 15 is 0 Å². The second-order valence-corrected chi connectivity index (χ2v) is 5.62. The molecule has 1 aromatic rings. The van der Waals surface area contributed by atoms with Crippen LogP contribution in [-0.4, -0.2) is 47.8 Å². The van der Waals surface area contributed by atoms with Crippen molar-refractivity contribution < 1.29 is 19.2 Å². The highest BCUT2D eigenvalue weighted by molar-refractivity contribution is 5.91. The van der Waals surface area contributed by atoms with Crippen LogP contribution in [0.1, 0.15) is 18.4 Å². The summed E-state index contributed by atoms with van der Waals surface area (Å²) in [7, 11) is 0. The molecule has 0 N–H and O–H groups in total. The Bertz CT molecular complexity index is 627. The first kappa shape index (κ1) is 15.6. The van der Waals surface area contributed by atoms with Gasteiger partial charge in [0.15, 0.2) is 5.79 Å². The van der Waals surface area contributed by atoms with E-state index in [0.717, 1.165) is 0 Å². The molecule has 2 aliphatic rings. The summed E-state index contributed by atoms with van der Waals surface area (Å²) in [6, 6.07) is 6.18. The van der Waals surface area contributed by atoms with E-state index < -0.39 is 10.7 Å². The minimum absolute atomic E-state index is 0.00930. The second kappa shape index (κ2) is 6.47. The Morgan fingerprint density at radius 2 is 1.96 bits per heavy atom. The Kier molecular flexibility index (Phi) is 4.40. The van der Waals surface area contributed by atoms with E-state index in [1.807, 2.05) is 0 Å². The molecule has 0 atom stereocenters. The van der Waals surface area contributed by atoms with Gasteiger partial charge >= 0.3 is 0 Å². The minimum Gasteiger partial charge on any atom is -0.347 e. The van der Waals surface area contributed by atoms with Gasteiger partial charge in [-0.3, -0.25) is 14.9 Å². The van der Waals surface area contributed by atoms with Gasteiger partial charge in [0.1, 0.15) is 0 Å². The highest BCUT2D eigenvalue weighted by Crippen LogP contribution is 2.31. The van der Waals surface area contributed by atoms with Gasteiger partial charge in [0.2, 0.25) is 5.91 Å². The number of hydrogen-bond donors (Lipinski definition) is 0. The molecule has 0 saturated carbocycles. The number of nitrogens with zero attached hydrogens (tertiary/aromatic N) is 2. The number of piperidine rings is 1. The first-order valence-electron chi connectivity index (χ1n) is 7.57. The number of rotatable bonds is 3. The van der Waals surface area contributed by atoms with Gasteiger partial charge in [-0.15, -0.1) is 0 Å². The number of nitro groups is 1. The second-order valence-electron chi connectivity index (χ2n) is 5.62. The Morgan fingerprint density at radius 3 is 2.61 bits per heavy atom. The van der Waals surface area contributed by atoms with Gasteiger partial charge < -0.3 is 14.4 Å². The molecule has 1 aromatic carbocycles. The van der Waals surface area contributed by atoms with Crippen LogP contribution in [0.5, 0.6) is 0 Å². The predicted octanol–water partition coefficient (Wildman–Crippen LogP) is 1.97. The van der Waals surface area contributed by atoms with Gasteiger partial charge in [-0.2, -0.15) is 0 Å². The zero-order valence-electron chi connectivity index (χ0n) is 12.6. The molecule has 0 radical (unpaired) electrons. The van der Waals surface area contributed by atoms with Crippen LogP contribution in [0.3, 0.4) is 0 Å². The van der Waals surface area contributed by atoms with E-state index in [2.05, 4.69) is 0 Å². The summed E-state index contributed by atoms with van der Waals surface area (Å²) < 4.78 is 11.3. The number of ether oxygens (including phenoxy) is 2. The molecular weight excluding hydrogens is 300 g/mol. The third kappa shape index (κ3) is 3.57. The molecule has 2 aliphatic heterocycles. The molecule has 7 heteroatoms. The monoisotopic (exact) mass is 318 g/mol. The molecular formula is C16H18N2O5. The van der Waals surface area contributed by atoms with E-state index in [9.17, 15) is 14.9 Å². The molecule has 2 heterocycles. The quantitative estimate of drug-likeness (QED) is 0.483. The minimum atomic E-state index is -0.499. The molecule has 0 bridgehead atoms. The fourth-order valence-electron chi connectivity index (χ4n) is 2.87. The molecule has 3 rings (SSSR count). The lowest BCUT2D eigenvalue weighted by molar-refractivity contribution is -0.384. The fraction of sp³-hybridized carbons (Fsp3) is 0.438. The van der Waals surface area contributed by atoms with Crippen molar-refractivity contribution in [2.75, 3.05) is 26.3 Å². The number of likely N-dealkylation sites (tertiary alicyclic amines) is 1. The van der Waals surface area contributed by atoms with Crippen molar-refractivity contribution in [2.45, 2.75) is 18.6 Å². The molecule has 2 fully saturated rings. The number of hydrogen-bond acceptors (Lipinski definition) is 5. The molecule has 122 valence electrons. The van der Waals surface area contributed by atoms with Crippen LogP contribution in [0, 0.1) is 10.1 Å². The van der Waals surface area contributed by atoms with Crippen LogP contribution in [-0.2, 0) is 14.3 Å². The van der Waals surface area contributed by atoms with Crippen LogP contribution < -0.4 is 0 Å². The van der Waals surface area contributed by atoms with Crippen molar-refractivity contribution in [3.8, 4) is 0 Å². The lowest BCUT2D eigenvalue weighted by atomic mass is 10.0. The first-order chi connectivity index (χ1) is 11.1. The average Bonchev–Trinajstić information content (AvgIpc) is 3.01. The SMILES string of the molecule is O=C(/C=C/c1cccc([N+](=O)[O-])c1)N1CCC2(CC1)OCCO2. The van der Waals surface area contributed by atoms with Gasteiger partial charge in [-0.25, -0.2) is 0 Å². The Labute approximate surface area is 133 Å². The van der Waals surface area contributed by atoms with Gasteiger partial charge in [-0.05, 0) is 11.6 Å². The standard InChI is InChI=1S/C16H18N2O5/c19-15(5-4-13-2-1-3-14(12-13)18(20)21)17-8-6-16(7-9-17)22-10-11-23-16/h1-5,12H,6-11H2/b5-4+. The summed E-state index contributed by atoms with van der Waals surface area (Å²) in [5, 5.41) is 10.7. The third-order valence-electron chi connectivity index (χ3n) is 4.15. The van der Waals surface area contributed by atoms with Gasteiger partial charge in [0.25, 0.3) is 5.69 Å². The number of carbonyl (C=O) groups excluding carboxylic acids is 1. The van der Waals surface area contributed by atoms with Crippen LogP contribution in [0.25, 0.3) is 6.08 Å². The van der Waals surface area contributed by atoms with Gasteiger partial charge in [-0.1, -0.05) is 12.1 Å². The maximum Gasteiger partial charge on any atom is 0.270 e. The molecule has 23 heavy (non-hydrogen) atoms. The van der Waals surface area contributed by atoms with Crippen LogP contribution in [0.2, 0.25) is 0 Å². The van der Waals surface area contributed by atoms with Crippen LogP contribution >= 0.6 is 0 Å². The van der Waals surface area contributed by atoms with E-state index in [4.69, 9.17) is 9.47 Å². The Morgan fingerprint density at radius 1 is 1.26 bits per heavy atom. The zero-order chi connectivity index (χ0) is 16.3. The summed E-state index contributed by atoms with van der Waals surface area (Å²) in [6.45, 7) is 2.39. The van der Waals surface area contributed by atoms with Crippen molar-refractivity contribution in [3.05, 3.63) is 46.0 Å². The lowest BCUT2D eigenvalue weighted by Crippen LogP contribution is -2.46. The molecule has 7 nitrogen and oxygen atoms in total. The number of benzene rings is 1. The maximum atomic E-state index is 12.2. The Hall–Kier alpha value is -2.25. The van der Waals surface area contributed by atoms with Gasteiger partial charge in [0.05, 0.1) is 18.1 Å². The number of non-ortho nitro benzene ring substituents is 1. The summed E-state index contributed by atoms with van der Waals surface area (Å²) in [5.74, 6) is -0.607. The van der Waals surface area contributed by atoms with Gasteiger partial charge in [0, 0.05) is 44.1 Å². The number of nitro benzene ring substituents is 1. The van der Waals surface area contributed by atoms with E-state index in [1.165, 1.54) is 18.2 Å². The summed E-state index contributed by atoms with van der Waals surface area (Å²) >= 11 is 0. The van der Waals surface area contributed by atoms with E-state index in [0.29, 0.717) is 44.7 Å². The van der Waals surface area contributed by atoms with Crippen molar-refractivity contribution >= 4 is 17.7 Å². The van der Waals surface area contributed by atoms with E-state index in [1.54, 1.807) is 23.1 Å². The van der Waals surface area contributed by atoms with Crippen LogP contribution in [0.15, 0.2) is 30.3 Å². The van der Waals surface area contributed by atoms with Crippen molar-refractivity contribution in [1.82, 2.24) is 4.90 Å². The fourth-order valence-corrected chi connectivity index (χ4v) is 2.87. The topological polar surface area (TPSA) is 81.9 Å². The average molecular weight is 318 g/mol. The maximum absolute atomic E-state index is 12.2. The normalized spacial score (nSPS) is 20.3. The number of carbonyl (C=O) groups is 1. The third-order valence-corrected chi connectivity index (χ3v) is 4.15. The van der Waals surface area contributed by atoms with Crippen LogP contribution in [0.4, 0.5) is 5.69 Å². The molecule has 1 spiro atoms. The van der Waals surface area contributed by atoms with Crippen molar-refractivity contribution in [3.63, 3.8) is 0 Å². The summed E-state index contributed by atoms with van der Waals surface area (Å²) in [5.41, 5.74) is 0.638. The summed E-state index contributed by atoms with van der Waals surface area (Å²) in [4.78, 5) is 24.2. The molecule has 0 aromatic heterocycles. The highest BCUT2D eigenvalue weighted by atomic mass is 16.7. The largest absolute Gasteiger partial charge is 0.347 e. The molecule has 0 unspecified atom stereocenters. The number of amides is 1. The summed E-state index contributed by atoms with van der Waals surface area (Å²) in [6.07, 6.45) is 4.39. The molecule has 0 aliphatic carbocycles. The predicted molar refractivity (Wildman–Crippen MR) is 82.6 cm³/mol. The highest BCUT2D eigenvalue weighted by Gasteiger charge is 2.40.